The lowest BCUT2D eigenvalue weighted by Crippen LogP contribution is -2.21. The molecule has 0 fully saturated rings. The van der Waals surface area contributed by atoms with E-state index in [0.29, 0.717) is 10.3 Å². The molecule has 0 bridgehead atoms. The van der Waals surface area contributed by atoms with E-state index in [0.717, 1.165) is 6.42 Å². The van der Waals surface area contributed by atoms with Crippen LogP contribution in [0.5, 0.6) is 0 Å². The number of carbonyl (C=O) groups is 1. The first-order valence-electron chi connectivity index (χ1n) is 5.50. The highest BCUT2D eigenvalue weighted by atomic mass is 79.9. The van der Waals surface area contributed by atoms with Crippen LogP contribution in [-0.4, -0.2) is 21.0 Å². The molecule has 0 aliphatic heterocycles. The van der Waals surface area contributed by atoms with Gasteiger partial charge in [0.25, 0.3) is 0 Å². The van der Waals surface area contributed by atoms with Crippen LogP contribution in [0, 0.1) is 0 Å². The minimum atomic E-state index is -1.04. The molecule has 1 N–H and O–H groups in total. The topological polar surface area (TPSA) is 63.1 Å². The fourth-order valence-corrected chi connectivity index (χ4v) is 2.55. The highest BCUT2D eigenvalue weighted by Crippen LogP contribution is 2.38. The normalized spacial score (nSPS) is 16.8. The zero-order valence-electron chi connectivity index (χ0n) is 9.30. The summed E-state index contributed by atoms with van der Waals surface area (Å²) in [5.41, 5.74) is 2.49. The van der Waals surface area contributed by atoms with Crippen LogP contribution in [-0.2, 0) is 6.42 Å². The molecule has 5 heteroatoms. The van der Waals surface area contributed by atoms with Crippen molar-refractivity contribution in [3.63, 3.8) is 0 Å². The molecule has 0 saturated carbocycles. The molecular formula is C13H9BrN2O2. The average molecular weight is 305 g/mol. The van der Waals surface area contributed by atoms with Crippen LogP contribution in [0.25, 0.3) is 0 Å². The molecule has 18 heavy (non-hydrogen) atoms. The van der Waals surface area contributed by atoms with Crippen molar-refractivity contribution in [2.75, 3.05) is 0 Å². The fraction of sp³-hybridized carbons (Fsp3) is 0.154. The first-order valence-corrected chi connectivity index (χ1v) is 6.29. The average Bonchev–Trinajstić information content (AvgIpc) is 2.32. The van der Waals surface area contributed by atoms with E-state index in [2.05, 4.69) is 32.0 Å². The summed E-state index contributed by atoms with van der Waals surface area (Å²) in [6.07, 6.45) is 2.38. The van der Waals surface area contributed by atoms with E-state index in [1.54, 1.807) is 0 Å². The number of aromatic carboxylic acids is 1. The largest absolute Gasteiger partial charge is 0.476 e. The maximum absolute atomic E-state index is 11.0. The van der Waals surface area contributed by atoms with Crippen molar-refractivity contribution in [1.82, 2.24) is 9.97 Å². The van der Waals surface area contributed by atoms with E-state index in [1.165, 1.54) is 17.3 Å². The Bertz CT molecular complexity index is 643. The molecule has 0 amide bonds. The van der Waals surface area contributed by atoms with Gasteiger partial charge >= 0.3 is 5.97 Å². The van der Waals surface area contributed by atoms with Crippen LogP contribution in [0.2, 0.25) is 0 Å². The summed E-state index contributed by atoms with van der Waals surface area (Å²) < 4.78 is 0.409. The van der Waals surface area contributed by atoms with Gasteiger partial charge in [0, 0.05) is 12.1 Å². The summed E-state index contributed by atoms with van der Waals surface area (Å²) >= 11 is 3.15. The molecular weight excluding hydrogens is 296 g/mol. The van der Waals surface area contributed by atoms with Gasteiger partial charge < -0.3 is 5.11 Å². The summed E-state index contributed by atoms with van der Waals surface area (Å²) in [7, 11) is 0. The quantitative estimate of drug-likeness (QED) is 0.926. The van der Waals surface area contributed by atoms with Crippen LogP contribution in [0.4, 0.5) is 0 Å². The van der Waals surface area contributed by atoms with Crippen molar-refractivity contribution in [2.45, 2.75) is 12.3 Å². The number of fused-ring (bicyclic) bond motifs is 1. The van der Waals surface area contributed by atoms with E-state index in [9.17, 15) is 4.79 Å². The van der Waals surface area contributed by atoms with Crippen molar-refractivity contribution in [1.29, 1.82) is 0 Å². The minimum absolute atomic E-state index is 0.0179. The van der Waals surface area contributed by atoms with E-state index < -0.39 is 5.97 Å². The smallest absolute Gasteiger partial charge is 0.355 e. The highest BCUT2D eigenvalue weighted by Gasteiger charge is 2.30. The fourth-order valence-electron chi connectivity index (χ4n) is 2.19. The van der Waals surface area contributed by atoms with Crippen molar-refractivity contribution >= 4 is 21.9 Å². The monoisotopic (exact) mass is 304 g/mol. The molecule has 1 aromatic carbocycles. The number of carboxylic acid groups (broad SMARTS) is 1. The predicted molar refractivity (Wildman–Crippen MR) is 68.7 cm³/mol. The van der Waals surface area contributed by atoms with Crippen LogP contribution in [0.3, 0.4) is 0 Å². The van der Waals surface area contributed by atoms with E-state index in [-0.39, 0.29) is 11.6 Å². The van der Waals surface area contributed by atoms with Gasteiger partial charge in [-0.3, -0.25) is 0 Å². The number of hydrogen-bond acceptors (Lipinski definition) is 3. The Morgan fingerprint density at radius 2 is 2.17 bits per heavy atom. The van der Waals surface area contributed by atoms with Crippen molar-refractivity contribution in [3.8, 4) is 0 Å². The number of halogens is 1. The number of aromatic nitrogens is 2. The predicted octanol–water partition coefficient (Wildman–Crippen LogP) is 2.63. The zero-order valence-corrected chi connectivity index (χ0v) is 10.9. The van der Waals surface area contributed by atoms with Gasteiger partial charge in [-0.2, -0.15) is 0 Å². The molecule has 4 nitrogen and oxygen atoms in total. The molecule has 1 aliphatic rings. The molecule has 3 rings (SSSR count). The first-order chi connectivity index (χ1) is 8.66. The lowest BCUT2D eigenvalue weighted by molar-refractivity contribution is 0.0688. The number of benzene rings is 1. The van der Waals surface area contributed by atoms with Crippen molar-refractivity contribution in [3.05, 3.63) is 57.6 Å². The molecule has 1 aliphatic carbocycles. The maximum atomic E-state index is 11.0. The molecule has 2 aromatic rings. The summed E-state index contributed by atoms with van der Waals surface area (Å²) in [4.78, 5) is 19.4. The van der Waals surface area contributed by atoms with Gasteiger partial charge in [0.1, 0.15) is 5.82 Å². The standard InChI is InChI=1S/C13H9BrN2O2/c14-10-6-15-12(16-11(10)13(17)18)9-5-7-3-1-2-4-8(7)9/h1-4,6,9H,5H2,(H,17,18). The molecule has 1 unspecified atom stereocenters. The van der Waals surface area contributed by atoms with Gasteiger partial charge in [-0.05, 0) is 33.5 Å². The number of nitrogens with zero attached hydrogens (tertiary/aromatic N) is 2. The Morgan fingerprint density at radius 1 is 1.39 bits per heavy atom. The van der Waals surface area contributed by atoms with Crippen LogP contribution in [0.1, 0.15) is 33.4 Å². The molecule has 1 atom stereocenters. The minimum Gasteiger partial charge on any atom is -0.476 e. The molecule has 0 saturated heterocycles. The second kappa shape index (κ2) is 4.17. The summed E-state index contributed by atoms with van der Waals surface area (Å²) in [5.74, 6) is -0.347. The Balaban J connectivity index is 2.01. The Morgan fingerprint density at radius 3 is 2.89 bits per heavy atom. The van der Waals surface area contributed by atoms with E-state index >= 15 is 0 Å². The van der Waals surface area contributed by atoms with Crippen LogP contribution < -0.4 is 0 Å². The third kappa shape index (κ3) is 1.71. The summed E-state index contributed by atoms with van der Waals surface area (Å²) in [5, 5.41) is 9.04. The van der Waals surface area contributed by atoms with Gasteiger partial charge in [-0.15, -0.1) is 0 Å². The van der Waals surface area contributed by atoms with Crippen LogP contribution >= 0.6 is 15.9 Å². The summed E-state index contributed by atoms with van der Waals surface area (Å²) in [6.45, 7) is 0. The number of rotatable bonds is 2. The molecule has 0 radical (unpaired) electrons. The maximum Gasteiger partial charge on any atom is 0.355 e. The highest BCUT2D eigenvalue weighted by molar-refractivity contribution is 9.10. The lowest BCUT2D eigenvalue weighted by Gasteiger charge is -2.28. The Labute approximate surface area is 112 Å². The third-order valence-corrected chi connectivity index (χ3v) is 3.71. The Hall–Kier alpha value is -1.75. The van der Waals surface area contributed by atoms with Crippen molar-refractivity contribution in [2.24, 2.45) is 0 Å². The lowest BCUT2D eigenvalue weighted by atomic mass is 9.77. The van der Waals surface area contributed by atoms with E-state index in [4.69, 9.17) is 5.11 Å². The van der Waals surface area contributed by atoms with E-state index in [1.807, 2.05) is 18.2 Å². The zero-order chi connectivity index (χ0) is 12.7. The Kier molecular flexibility index (Phi) is 2.63. The molecule has 1 aromatic heterocycles. The molecule has 0 spiro atoms. The first kappa shape index (κ1) is 11.3. The number of carboxylic acids is 1. The van der Waals surface area contributed by atoms with Gasteiger partial charge in [-0.25, -0.2) is 14.8 Å². The SMILES string of the molecule is O=C(O)c1nc(C2Cc3ccccc32)ncc1Br. The molecule has 90 valence electrons. The van der Waals surface area contributed by atoms with Gasteiger partial charge in [0.2, 0.25) is 0 Å². The van der Waals surface area contributed by atoms with Gasteiger partial charge in [-0.1, -0.05) is 24.3 Å². The van der Waals surface area contributed by atoms with Gasteiger partial charge in [0.15, 0.2) is 5.69 Å². The second-order valence-electron chi connectivity index (χ2n) is 4.19. The summed E-state index contributed by atoms with van der Waals surface area (Å²) in [6, 6.07) is 8.08. The molecule has 1 heterocycles. The van der Waals surface area contributed by atoms with Crippen molar-refractivity contribution < 1.29 is 9.90 Å². The van der Waals surface area contributed by atoms with Crippen LogP contribution in [0.15, 0.2) is 34.9 Å². The number of hydrogen-bond donors (Lipinski definition) is 1. The second-order valence-corrected chi connectivity index (χ2v) is 5.04. The van der Waals surface area contributed by atoms with Gasteiger partial charge in [0.05, 0.1) is 4.47 Å². The third-order valence-electron chi connectivity index (χ3n) is 3.13.